The van der Waals surface area contributed by atoms with Crippen LogP contribution in [0.1, 0.15) is 5.69 Å². The standard InChI is InChI=1S/C10H7F2NO/c1-5-2-3-6-8(14)4-7(11)9(12)10(6)13-5/h2-4,14H,1H3. The van der Waals surface area contributed by atoms with E-state index in [-0.39, 0.29) is 16.7 Å². The smallest absolute Gasteiger partial charge is 0.185 e. The quantitative estimate of drug-likeness (QED) is 0.700. The van der Waals surface area contributed by atoms with Crippen LogP contribution in [0, 0.1) is 18.6 Å². The van der Waals surface area contributed by atoms with Gasteiger partial charge in [-0.05, 0) is 19.1 Å². The molecule has 2 rings (SSSR count). The molecule has 0 saturated heterocycles. The summed E-state index contributed by atoms with van der Waals surface area (Å²) in [5.74, 6) is -2.42. The van der Waals surface area contributed by atoms with Crippen molar-refractivity contribution < 1.29 is 13.9 Å². The SMILES string of the molecule is Cc1ccc2c(O)cc(F)c(F)c2n1. The second kappa shape index (κ2) is 2.90. The van der Waals surface area contributed by atoms with E-state index in [1.54, 1.807) is 13.0 Å². The molecule has 1 aromatic carbocycles. The lowest BCUT2D eigenvalue weighted by atomic mass is 10.1. The Hall–Kier alpha value is -1.71. The predicted octanol–water partition coefficient (Wildman–Crippen LogP) is 2.53. The lowest BCUT2D eigenvalue weighted by molar-refractivity contribution is 0.463. The molecule has 1 heterocycles. The van der Waals surface area contributed by atoms with Crippen molar-refractivity contribution in [1.82, 2.24) is 4.98 Å². The number of aryl methyl sites for hydroxylation is 1. The van der Waals surface area contributed by atoms with Crippen LogP contribution in [-0.2, 0) is 0 Å². The minimum absolute atomic E-state index is 0.137. The summed E-state index contributed by atoms with van der Waals surface area (Å²) in [4.78, 5) is 3.82. The van der Waals surface area contributed by atoms with Crippen LogP contribution in [0.25, 0.3) is 10.9 Å². The van der Waals surface area contributed by atoms with E-state index in [2.05, 4.69) is 4.98 Å². The van der Waals surface area contributed by atoms with Crippen molar-refractivity contribution in [2.45, 2.75) is 6.92 Å². The number of phenols is 1. The summed E-state index contributed by atoms with van der Waals surface area (Å²) in [5.41, 5.74) is 0.434. The molecule has 2 nitrogen and oxygen atoms in total. The van der Waals surface area contributed by atoms with E-state index in [0.717, 1.165) is 6.07 Å². The first-order chi connectivity index (χ1) is 6.59. The Balaban J connectivity index is 2.95. The summed E-state index contributed by atoms with van der Waals surface area (Å²) >= 11 is 0. The molecule has 0 bridgehead atoms. The van der Waals surface area contributed by atoms with E-state index < -0.39 is 11.6 Å². The number of nitrogens with zero attached hydrogens (tertiary/aromatic N) is 1. The van der Waals surface area contributed by atoms with Crippen LogP contribution in [0.5, 0.6) is 5.75 Å². The summed E-state index contributed by atoms with van der Waals surface area (Å²) in [6.07, 6.45) is 0. The van der Waals surface area contributed by atoms with Crippen molar-refractivity contribution in [3.8, 4) is 5.75 Å². The average Bonchev–Trinajstić information content (AvgIpc) is 2.14. The molecule has 2 aromatic rings. The third kappa shape index (κ3) is 1.19. The molecule has 0 aliphatic heterocycles. The third-order valence-electron chi connectivity index (χ3n) is 1.99. The molecular formula is C10H7F2NO. The van der Waals surface area contributed by atoms with Crippen molar-refractivity contribution in [2.75, 3.05) is 0 Å². The van der Waals surface area contributed by atoms with Crippen LogP contribution < -0.4 is 0 Å². The Morgan fingerprint density at radius 1 is 1.29 bits per heavy atom. The second-order valence-corrected chi connectivity index (χ2v) is 3.04. The molecule has 72 valence electrons. The van der Waals surface area contributed by atoms with E-state index in [9.17, 15) is 13.9 Å². The van der Waals surface area contributed by atoms with Crippen molar-refractivity contribution in [1.29, 1.82) is 0 Å². The van der Waals surface area contributed by atoms with E-state index in [0.29, 0.717) is 5.69 Å². The number of aromatic nitrogens is 1. The van der Waals surface area contributed by atoms with Gasteiger partial charge in [0.25, 0.3) is 0 Å². The Morgan fingerprint density at radius 3 is 2.71 bits per heavy atom. The molecule has 0 atom stereocenters. The summed E-state index contributed by atoms with van der Waals surface area (Å²) in [6, 6.07) is 3.88. The summed E-state index contributed by atoms with van der Waals surface area (Å²) < 4.78 is 26.1. The number of benzene rings is 1. The van der Waals surface area contributed by atoms with Crippen LogP contribution in [0.4, 0.5) is 8.78 Å². The largest absolute Gasteiger partial charge is 0.507 e. The molecule has 0 unspecified atom stereocenters. The maximum absolute atomic E-state index is 13.2. The minimum atomic E-state index is -1.09. The van der Waals surface area contributed by atoms with Gasteiger partial charge in [0.15, 0.2) is 11.6 Å². The summed E-state index contributed by atoms with van der Waals surface area (Å²) in [5, 5.41) is 9.54. The highest BCUT2D eigenvalue weighted by Crippen LogP contribution is 2.27. The maximum atomic E-state index is 13.2. The lowest BCUT2D eigenvalue weighted by Gasteiger charge is -2.03. The van der Waals surface area contributed by atoms with Gasteiger partial charge in [-0.3, -0.25) is 0 Å². The normalized spacial score (nSPS) is 10.8. The molecule has 0 amide bonds. The zero-order valence-electron chi connectivity index (χ0n) is 7.38. The van der Waals surface area contributed by atoms with Crippen LogP contribution in [-0.4, -0.2) is 10.1 Å². The fourth-order valence-corrected chi connectivity index (χ4v) is 1.30. The molecule has 14 heavy (non-hydrogen) atoms. The average molecular weight is 195 g/mol. The van der Waals surface area contributed by atoms with Crippen LogP contribution in [0.3, 0.4) is 0 Å². The van der Waals surface area contributed by atoms with Crippen LogP contribution in [0.2, 0.25) is 0 Å². The van der Waals surface area contributed by atoms with Gasteiger partial charge in [0.05, 0.1) is 0 Å². The van der Waals surface area contributed by atoms with Gasteiger partial charge in [0.2, 0.25) is 0 Å². The van der Waals surface area contributed by atoms with Gasteiger partial charge in [0.1, 0.15) is 11.3 Å². The zero-order chi connectivity index (χ0) is 10.3. The molecule has 4 heteroatoms. The van der Waals surface area contributed by atoms with Crippen molar-refractivity contribution in [2.24, 2.45) is 0 Å². The highest BCUT2D eigenvalue weighted by molar-refractivity contribution is 5.85. The highest BCUT2D eigenvalue weighted by atomic mass is 19.2. The van der Waals surface area contributed by atoms with Gasteiger partial charge >= 0.3 is 0 Å². The molecule has 1 N–H and O–H groups in total. The molecular weight excluding hydrogens is 188 g/mol. The second-order valence-electron chi connectivity index (χ2n) is 3.04. The van der Waals surface area contributed by atoms with Crippen LogP contribution >= 0.6 is 0 Å². The Bertz CT molecular complexity index is 511. The fraction of sp³-hybridized carbons (Fsp3) is 0.100. The van der Waals surface area contributed by atoms with E-state index in [1.165, 1.54) is 6.07 Å². The molecule has 0 aliphatic rings. The lowest BCUT2D eigenvalue weighted by Crippen LogP contribution is -1.91. The van der Waals surface area contributed by atoms with Gasteiger partial charge in [-0.2, -0.15) is 0 Å². The molecule has 0 saturated carbocycles. The Labute approximate surface area is 78.8 Å². The number of hydrogen-bond donors (Lipinski definition) is 1. The van der Waals surface area contributed by atoms with E-state index in [4.69, 9.17) is 0 Å². The van der Waals surface area contributed by atoms with Crippen molar-refractivity contribution >= 4 is 10.9 Å². The fourth-order valence-electron chi connectivity index (χ4n) is 1.30. The topological polar surface area (TPSA) is 33.1 Å². The van der Waals surface area contributed by atoms with E-state index in [1.807, 2.05) is 0 Å². The minimum Gasteiger partial charge on any atom is -0.507 e. The number of hydrogen-bond acceptors (Lipinski definition) is 2. The van der Waals surface area contributed by atoms with Gasteiger partial charge in [-0.15, -0.1) is 0 Å². The molecule has 0 aliphatic carbocycles. The zero-order valence-corrected chi connectivity index (χ0v) is 7.38. The summed E-state index contributed by atoms with van der Waals surface area (Å²) in [7, 11) is 0. The highest BCUT2D eigenvalue weighted by Gasteiger charge is 2.12. The Kier molecular flexibility index (Phi) is 1.84. The first-order valence-electron chi connectivity index (χ1n) is 4.04. The molecule has 0 radical (unpaired) electrons. The first kappa shape index (κ1) is 8.87. The molecule has 1 aromatic heterocycles. The monoisotopic (exact) mass is 195 g/mol. The van der Waals surface area contributed by atoms with Crippen LogP contribution in [0.15, 0.2) is 18.2 Å². The number of pyridine rings is 1. The van der Waals surface area contributed by atoms with E-state index >= 15 is 0 Å². The number of fused-ring (bicyclic) bond motifs is 1. The maximum Gasteiger partial charge on any atom is 0.185 e. The number of phenolic OH excluding ortho intramolecular Hbond substituents is 1. The van der Waals surface area contributed by atoms with Crippen molar-refractivity contribution in [3.63, 3.8) is 0 Å². The van der Waals surface area contributed by atoms with Gasteiger partial charge in [-0.1, -0.05) is 0 Å². The third-order valence-corrected chi connectivity index (χ3v) is 1.99. The van der Waals surface area contributed by atoms with Gasteiger partial charge < -0.3 is 5.11 Å². The number of rotatable bonds is 0. The summed E-state index contributed by atoms with van der Waals surface area (Å²) in [6.45, 7) is 1.67. The number of aromatic hydroxyl groups is 1. The predicted molar refractivity (Wildman–Crippen MR) is 48.1 cm³/mol. The number of halogens is 2. The molecule has 0 fully saturated rings. The molecule has 0 spiro atoms. The van der Waals surface area contributed by atoms with Gasteiger partial charge in [-0.25, -0.2) is 13.8 Å². The van der Waals surface area contributed by atoms with Gasteiger partial charge in [0, 0.05) is 17.1 Å². The first-order valence-corrected chi connectivity index (χ1v) is 4.04. The Morgan fingerprint density at radius 2 is 2.00 bits per heavy atom. The van der Waals surface area contributed by atoms with Crippen molar-refractivity contribution in [3.05, 3.63) is 35.5 Å².